The molecule has 1 aromatic carbocycles. The smallest absolute Gasteiger partial charge is 0.336 e. The van der Waals surface area contributed by atoms with E-state index in [-0.39, 0.29) is 5.56 Å². The molecular formula is C13H13NO3S. The molecule has 0 aliphatic heterocycles. The van der Waals surface area contributed by atoms with Gasteiger partial charge in [-0.3, -0.25) is 0 Å². The van der Waals surface area contributed by atoms with E-state index in [1.807, 2.05) is 12.3 Å². The number of nitrogens with zero attached hydrogens (tertiary/aromatic N) is 1. The number of carboxylic acid groups (broad SMARTS) is 1. The first-order valence-electron chi connectivity index (χ1n) is 5.57. The van der Waals surface area contributed by atoms with Crippen LogP contribution in [0.5, 0.6) is 10.9 Å². The van der Waals surface area contributed by atoms with E-state index in [9.17, 15) is 4.79 Å². The van der Waals surface area contributed by atoms with E-state index in [2.05, 4.69) is 4.98 Å². The van der Waals surface area contributed by atoms with Crippen molar-refractivity contribution in [2.24, 2.45) is 0 Å². The molecule has 1 N–H and O–H groups in total. The van der Waals surface area contributed by atoms with Crippen LogP contribution in [0, 0.1) is 6.92 Å². The van der Waals surface area contributed by atoms with Crippen LogP contribution in [0.4, 0.5) is 0 Å². The fourth-order valence-electron chi connectivity index (χ4n) is 1.55. The molecule has 0 unspecified atom stereocenters. The van der Waals surface area contributed by atoms with Crippen molar-refractivity contribution in [3.05, 3.63) is 40.4 Å². The predicted octanol–water partition coefficient (Wildman–Crippen LogP) is 3.50. The molecule has 0 bridgehead atoms. The lowest BCUT2D eigenvalue weighted by Crippen LogP contribution is -2.00. The highest BCUT2D eigenvalue weighted by Crippen LogP contribution is 2.29. The number of aryl methyl sites for hydroxylation is 1. The second-order valence-electron chi connectivity index (χ2n) is 3.79. The lowest BCUT2D eigenvalue weighted by molar-refractivity contribution is 0.0695. The van der Waals surface area contributed by atoms with Crippen LogP contribution in [0.1, 0.15) is 28.5 Å². The average molecular weight is 263 g/mol. The zero-order valence-electron chi connectivity index (χ0n) is 10.1. The Morgan fingerprint density at radius 1 is 1.50 bits per heavy atom. The highest BCUT2D eigenvalue weighted by molar-refractivity contribution is 7.11. The van der Waals surface area contributed by atoms with Gasteiger partial charge in [0.15, 0.2) is 0 Å². The molecule has 1 aromatic heterocycles. The fourth-order valence-corrected chi connectivity index (χ4v) is 2.31. The predicted molar refractivity (Wildman–Crippen MR) is 69.7 cm³/mol. The summed E-state index contributed by atoms with van der Waals surface area (Å²) in [7, 11) is 0. The lowest BCUT2D eigenvalue weighted by atomic mass is 10.1. The molecule has 5 heteroatoms. The Labute approximate surface area is 109 Å². The van der Waals surface area contributed by atoms with Gasteiger partial charge in [-0.2, -0.15) is 0 Å². The van der Waals surface area contributed by atoms with E-state index in [0.717, 1.165) is 12.1 Å². The maximum Gasteiger partial charge on any atom is 0.336 e. The third kappa shape index (κ3) is 2.51. The number of hydrogen-bond donors (Lipinski definition) is 1. The van der Waals surface area contributed by atoms with Gasteiger partial charge < -0.3 is 9.84 Å². The summed E-state index contributed by atoms with van der Waals surface area (Å²) in [5.74, 6) is -0.418. The summed E-state index contributed by atoms with van der Waals surface area (Å²) >= 11 is 1.41. The molecule has 18 heavy (non-hydrogen) atoms. The van der Waals surface area contributed by atoms with Crippen molar-refractivity contribution < 1.29 is 14.6 Å². The van der Waals surface area contributed by atoms with Crippen molar-refractivity contribution >= 4 is 17.3 Å². The summed E-state index contributed by atoms with van der Waals surface area (Å²) in [6.45, 7) is 3.75. The zero-order valence-corrected chi connectivity index (χ0v) is 11.0. The van der Waals surface area contributed by atoms with Crippen LogP contribution in [0.15, 0.2) is 23.6 Å². The van der Waals surface area contributed by atoms with E-state index >= 15 is 0 Å². The number of aromatic nitrogens is 1. The normalized spacial score (nSPS) is 10.3. The number of rotatable bonds is 4. The van der Waals surface area contributed by atoms with Gasteiger partial charge in [0, 0.05) is 10.9 Å². The van der Waals surface area contributed by atoms with Crippen molar-refractivity contribution in [3.8, 4) is 10.9 Å². The van der Waals surface area contributed by atoms with Crippen LogP contribution in [0.3, 0.4) is 0 Å². The summed E-state index contributed by atoms with van der Waals surface area (Å²) < 4.78 is 5.63. The first-order valence-corrected chi connectivity index (χ1v) is 6.45. The molecule has 0 atom stereocenters. The highest BCUT2D eigenvalue weighted by atomic mass is 32.1. The van der Waals surface area contributed by atoms with Crippen molar-refractivity contribution in [1.82, 2.24) is 4.98 Å². The monoisotopic (exact) mass is 263 g/mol. The number of thiazole rings is 1. The zero-order chi connectivity index (χ0) is 13.1. The lowest BCUT2D eigenvalue weighted by Gasteiger charge is -2.07. The molecule has 0 fully saturated rings. The third-order valence-electron chi connectivity index (χ3n) is 2.60. The van der Waals surface area contributed by atoms with E-state index in [1.165, 1.54) is 11.3 Å². The quantitative estimate of drug-likeness (QED) is 0.917. The molecule has 1 heterocycles. The van der Waals surface area contributed by atoms with Crippen molar-refractivity contribution in [2.75, 3.05) is 0 Å². The summed E-state index contributed by atoms with van der Waals surface area (Å²) in [5.41, 5.74) is 1.83. The second kappa shape index (κ2) is 5.18. The Bertz CT molecular complexity index is 577. The number of ether oxygens (including phenoxy) is 1. The number of carboxylic acids is 1. The van der Waals surface area contributed by atoms with Gasteiger partial charge in [-0.05, 0) is 25.5 Å². The number of hydrogen-bond acceptors (Lipinski definition) is 4. The summed E-state index contributed by atoms with van der Waals surface area (Å²) in [6.07, 6.45) is 0.855. The number of carbonyl (C=O) groups is 1. The van der Waals surface area contributed by atoms with Crippen LogP contribution >= 0.6 is 11.3 Å². The molecule has 94 valence electrons. The van der Waals surface area contributed by atoms with Crippen molar-refractivity contribution in [2.45, 2.75) is 20.3 Å². The molecule has 0 amide bonds. The largest absolute Gasteiger partial charge is 0.478 e. The maximum atomic E-state index is 11.0. The third-order valence-corrected chi connectivity index (χ3v) is 3.37. The Balaban J connectivity index is 2.29. The van der Waals surface area contributed by atoms with E-state index in [1.54, 1.807) is 25.1 Å². The van der Waals surface area contributed by atoms with Gasteiger partial charge in [-0.25, -0.2) is 9.78 Å². The standard InChI is InChI=1S/C13H13NO3S/c1-3-9-7-18-13(14-9)17-11-6-4-5-10(8(11)2)12(15)16/h4-7H,3H2,1-2H3,(H,15,16). The molecule has 0 spiro atoms. The molecule has 0 saturated heterocycles. The minimum absolute atomic E-state index is 0.250. The molecule has 0 aliphatic carbocycles. The van der Waals surface area contributed by atoms with E-state index < -0.39 is 5.97 Å². The van der Waals surface area contributed by atoms with Gasteiger partial charge in [0.25, 0.3) is 5.19 Å². The topological polar surface area (TPSA) is 59.4 Å². The first-order chi connectivity index (χ1) is 8.61. The van der Waals surface area contributed by atoms with Crippen molar-refractivity contribution in [3.63, 3.8) is 0 Å². The summed E-state index contributed by atoms with van der Waals surface area (Å²) in [5, 5.41) is 11.5. The number of aromatic carboxylic acids is 1. The van der Waals surface area contributed by atoms with Gasteiger partial charge in [-0.1, -0.05) is 24.3 Å². The van der Waals surface area contributed by atoms with E-state index in [4.69, 9.17) is 9.84 Å². The van der Waals surface area contributed by atoms with Gasteiger partial charge in [0.05, 0.1) is 11.3 Å². The number of benzene rings is 1. The second-order valence-corrected chi connectivity index (χ2v) is 4.61. The van der Waals surface area contributed by atoms with E-state index in [0.29, 0.717) is 16.5 Å². The maximum absolute atomic E-state index is 11.0. The van der Waals surface area contributed by atoms with Crippen LogP contribution < -0.4 is 4.74 Å². The Kier molecular flexibility index (Phi) is 3.62. The SMILES string of the molecule is CCc1csc(Oc2cccc(C(=O)O)c2C)n1. The Hall–Kier alpha value is -1.88. The van der Waals surface area contributed by atoms with Crippen LogP contribution in [-0.4, -0.2) is 16.1 Å². The first kappa shape index (κ1) is 12.6. The fraction of sp³-hybridized carbons (Fsp3) is 0.231. The molecule has 0 radical (unpaired) electrons. The summed E-state index contributed by atoms with van der Waals surface area (Å²) in [4.78, 5) is 15.3. The van der Waals surface area contributed by atoms with Crippen LogP contribution in [0.2, 0.25) is 0 Å². The van der Waals surface area contributed by atoms with Crippen LogP contribution in [-0.2, 0) is 6.42 Å². The van der Waals surface area contributed by atoms with Gasteiger partial charge in [0.2, 0.25) is 0 Å². The Morgan fingerprint density at radius 3 is 2.89 bits per heavy atom. The van der Waals surface area contributed by atoms with Crippen molar-refractivity contribution in [1.29, 1.82) is 0 Å². The van der Waals surface area contributed by atoms with Gasteiger partial charge in [0.1, 0.15) is 5.75 Å². The minimum Gasteiger partial charge on any atom is -0.478 e. The Morgan fingerprint density at radius 2 is 2.28 bits per heavy atom. The highest BCUT2D eigenvalue weighted by Gasteiger charge is 2.12. The van der Waals surface area contributed by atoms with Gasteiger partial charge >= 0.3 is 5.97 Å². The summed E-state index contributed by atoms with van der Waals surface area (Å²) in [6, 6.07) is 4.97. The average Bonchev–Trinajstić information content (AvgIpc) is 2.79. The van der Waals surface area contributed by atoms with Crippen LogP contribution in [0.25, 0.3) is 0 Å². The molecule has 2 rings (SSSR count). The minimum atomic E-state index is -0.952. The van der Waals surface area contributed by atoms with Gasteiger partial charge in [-0.15, -0.1) is 0 Å². The molecule has 4 nitrogen and oxygen atoms in total. The molecule has 2 aromatic rings. The molecule has 0 saturated carbocycles. The molecular weight excluding hydrogens is 250 g/mol. The molecule has 0 aliphatic rings.